The first-order chi connectivity index (χ1) is 9.46. The van der Waals surface area contributed by atoms with E-state index in [1.54, 1.807) is 16.4 Å². The molecule has 1 unspecified atom stereocenters. The van der Waals surface area contributed by atoms with Crippen molar-refractivity contribution in [1.29, 1.82) is 0 Å². The zero-order chi connectivity index (χ0) is 14.8. The maximum Gasteiger partial charge on any atom is 0.243 e. The van der Waals surface area contributed by atoms with Crippen molar-refractivity contribution >= 4 is 21.8 Å². The Morgan fingerprint density at radius 2 is 2.20 bits per heavy atom. The van der Waals surface area contributed by atoms with Gasteiger partial charge in [0.25, 0.3) is 0 Å². The normalized spacial score (nSPS) is 21.1. The second-order valence-corrected chi connectivity index (χ2v) is 8.20. The molecule has 6 heteroatoms. The van der Waals surface area contributed by atoms with Crippen LogP contribution < -0.4 is 5.32 Å². The van der Waals surface area contributed by atoms with Crippen LogP contribution in [0.15, 0.2) is 23.1 Å². The fourth-order valence-corrected chi connectivity index (χ4v) is 5.30. The number of nitrogens with one attached hydrogen (secondary N) is 1. The summed E-state index contributed by atoms with van der Waals surface area (Å²) in [7, 11) is -1.51. The molecule has 4 nitrogen and oxygen atoms in total. The predicted octanol–water partition coefficient (Wildman–Crippen LogP) is 1.84. The van der Waals surface area contributed by atoms with E-state index in [9.17, 15) is 8.42 Å². The number of benzene rings is 1. The molecule has 1 heterocycles. The lowest BCUT2D eigenvalue weighted by Crippen LogP contribution is -2.44. The Morgan fingerprint density at radius 3 is 2.85 bits per heavy atom. The molecule has 1 aromatic rings. The molecule has 0 radical (unpaired) electrons. The van der Waals surface area contributed by atoms with Crippen LogP contribution in [0.4, 0.5) is 0 Å². The summed E-state index contributed by atoms with van der Waals surface area (Å²) in [6, 6.07) is 5.48. The summed E-state index contributed by atoms with van der Waals surface area (Å²) in [5, 5.41) is 3.08. The first-order valence-electron chi connectivity index (χ1n) is 6.80. The minimum atomic E-state index is -3.38. The van der Waals surface area contributed by atoms with Crippen molar-refractivity contribution in [3.63, 3.8) is 0 Å². The SMILES string of the molecule is CNCc1cc(S(=O)(=O)N2CCSCC2C)ccc1C. The molecule has 2 rings (SSSR count). The first-order valence-corrected chi connectivity index (χ1v) is 9.40. The molecule has 0 aliphatic carbocycles. The van der Waals surface area contributed by atoms with Gasteiger partial charge in [-0.2, -0.15) is 16.1 Å². The van der Waals surface area contributed by atoms with Crippen LogP contribution in [0, 0.1) is 6.92 Å². The molecule has 1 aliphatic heterocycles. The van der Waals surface area contributed by atoms with Crippen molar-refractivity contribution in [3.8, 4) is 0 Å². The van der Waals surface area contributed by atoms with Crippen LogP contribution in [-0.2, 0) is 16.6 Å². The van der Waals surface area contributed by atoms with Crippen LogP contribution >= 0.6 is 11.8 Å². The lowest BCUT2D eigenvalue weighted by Gasteiger charge is -2.32. The van der Waals surface area contributed by atoms with Crippen molar-refractivity contribution in [3.05, 3.63) is 29.3 Å². The Labute approximate surface area is 126 Å². The van der Waals surface area contributed by atoms with Crippen molar-refractivity contribution in [2.24, 2.45) is 0 Å². The Bertz CT molecular complexity index is 573. The van der Waals surface area contributed by atoms with E-state index in [-0.39, 0.29) is 6.04 Å². The van der Waals surface area contributed by atoms with E-state index in [1.807, 2.05) is 38.7 Å². The third-order valence-electron chi connectivity index (χ3n) is 3.60. The molecule has 112 valence electrons. The van der Waals surface area contributed by atoms with Gasteiger partial charge in [-0.05, 0) is 44.2 Å². The molecule has 0 spiro atoms. The lowest BCUT2D eigenvalue weighted by atomic mass is 10.1. The van der Waals surface area contributed by atoms with E-state index >= 15 is 0 Å². The summed E-state index contributed by atoms with van der Waals surface area (Å²) in [5.41, 5.74) is 2.15. The van der Waals surface area contributed by atoms with Gasteiger partial charge in [0.2, 0.25) is 10.0 Å². The Balaban J connectivity index is 2.36. The number of nitrogens with zero attached hydrogens (tertiary/aromatic N) is 1. The van der Waals surface area contributed by atoms with Crippen LogP contribution in [0.3, 0.4) is 0 Å². The van der Waals surface area contributed by atoms with Crippen LogP contribution in [0.5, 0.6) is 0 Å². The molecule has 0 bridgehead atoms. The van der Waals surface area contributed by atoms with Crippen molar-refractivity contribution in [2.75, 3.05) is 25.1 Å². The van der Waals surface area contributed by atoms with Gasteiger partial charge in [-0.3, -0.25) is 0 Å². The quantitative estimate of drug-likeness (QED) is 0.921. The summed E-state index contributed by atoms with van der Waals surface area (Å²) < 4.78 is 27.2. The Kier molecular flexibility index (Phi) is 5.12. The van der Waals surface area contributed by atoms with Crippen LogP contribution in [0.25, 0.3) is 0 Å². The monoisotopic (exact) mass is 314 g/mol. The third-order valence-corrected chi connectivity index (χ3v) is 6.80. The van der Waals surface area contributed by atoms with Crippen molar-refractivity contribution in [1.82, 2.24) is 9.62 Å². The first kappa shape index (κ1) is 15.8. The number of hydrogen-bond acceptors (Lipinski definition) is 4. The van der Waals surface area contributed by atoms with Gasteiger partial charge in [-0.25, -0.2) is 8.42 Å². The summed E-state index contributed by atoms with van der Waals surface area (Å²) in [5.74, 6) is 1.74. The fourth-order valence-electron chi connectivity index (χ4n) is 2.39. The van der Waals surface area contributed by atoms with Gasteiger partial charge in [0.1, 0.15) is 0 Å². The van der Waals surface area contributed by atoms with Gasteiger partial charge < -0.3 is 5.32 Å². The van der Waals surface area contributed by atoms with E-state index in [0.29, 0.717) is 18.0 Å². The smallest absolute Gasteiger partial charge is 0.243 e. The number of sulfonamides is 1. The minimum absolute atomic E-state index is 0.0628. The van der Waals surface area contributed by atoms with E-state index in [0.717, 1.165) is 22.6 Å². The largest absolute Gasteiger partial charge is 0.316 e. The van der Waals surface area contributed by atoms with Gasteiger partial charge >= 0.3 is 0 Å². The van der Waals surface area contributed by atoms with Crippen LogP contribution in [-0.4, -0.2) is 43.9 Å². The average molecular weight is 314 g/mol. The summed E-state index contributed by atoms with van der Waals surface area (Å²) >= 11 is 1.82. The molecule has 1 aromatic carbocycles. The zero-order valence-electron chi connectivity index (χ0n) is 12.2. The number of thioether (sulfide) groups is 1. The highest BCUT2D eigenvalue weighted by Crippen LogP contribution is 2.25. The predicted molar refractivity (Wildman–Crippen MR) is 84.6 cm³/mol. The molecular weight excluding hydrogens is 292 g/mol. The molecule has 1 aliphatic rings. The number of hydrogen-bond donors (Lipinski definition) is 1. The average Bonchev–Trinajstić information content (AvgIpc) is 2.41. The van der Waals surface area contributed by atoms with E-state index < -0.39 is 10.0 Å². The summed E-state index contributed by atoms with van der Waals surface area (Å²) in [6.07, 6.45) is 0. The van der Waals surface area contributed by atoms with Gasteiger partial charge in [0.05, 0.1) is 4.90 Å². The topological polar surface area (TPSA) is 49.4 Å². The molecule has 1 atom stereocenters. The highest BCUT2D eigenvalue weighted by Gasteiger charge is 2.31. The van der Waals surface area contributed by atoms with Gasteiger partial charge in [0, 0.05) is 30.6 Å². The zero-order valence-corrected chi connectivity index (χ0v) is 13.9. The highest BCUT2D eigenvalue weighted by molar-refractivity contribution is 7.99. The maximum atomic E-state index is 12.8. The fraction of sp³-hybridized carbons (Fsp3) is 0.571. The summed E-state index contributed by atoms with van der Waals surface area (Å²) in [6.45, 7) is 5.26. The second kappa shape index (κ2) is 6.47. The van der Waals surface area contributed by atoms with Crippen molar-refractivity contribution < 1.29 is 8.42 Å². The van der Waals surface area contributed by atoms with Crippen LogP contribution in [0.1, 0.15) is 18.1 Å². The Morgan fingerprint density at radius 1 is 1.45 bits per heavy atom. The molecular formula is C14H22N2O2S2. The number of rotatable bonds is 4. The van der Waals surface area contributed by atoms with Gasteiger partial charge in [0.15, 0.2) is 0 Å². The van der Waals surface area contributed by atoms with Crippen LogP contribution in [0.2, 0.25) is 0 Å². The van der Waals surface area contributed by atoms with E-state index in [2.05, 4.69) is 5.32 Å². The van der Waals surface area contributed by atoms with Gasteiger partial charge in [-0.1, -0.05) is 6.07 Å². The molecule has 0 saturated carbocycles. The maximum absolute atomic E-state index is 12.8. The Hall–Kier alpha value is -0.560. The van der Waals surface area contributed by atoms with Gasteiger partial charge in [-0.15, -0.1) is 0 Å². The summed E-state index contributed by atoms with van der Waals surface area (Å²) in [4.78, 5) is 0.409. The van der Waals surface area contributed by atoms with E-state index in [1.165, 1.54) is 0 Å². The van der Waals surface area contributed by atoms with E-state index in [4.69, 9.17) is 0 Å². The number of aryl methyl sites for hydroxylation is 1. The third kappa shape index (κ3) is 3.19. The second-order valence-electron chi connectivity index (χ2n) is 5.16. The highest BCUT2D eigenvalue weighted by atomic mass is 32.2. The molecule has 1 N–H and O–H groups in total. The molecule has 1 saturated heterocycles. The standard InChI is InChI=1S/C14H22N2O2S2/c1-11-4-5-14(8-13(11)9-15-3)20(17,18)16-6-7-19-10-12(16)2/h4-5,8,12,15H,6-7,9-10H2,1-3H3. The lowest BCUT2D eigenvalue weighted by molar-refractivity contribution is 0.367. The molecule has 0 amide bonds. The molecule has 1 fully saturated rings. The molecule has 0 aromatic heterocycles. The minimum Gasteiger partial charge on any atom is -0.316 e. The van der Waals surface area contributed by atoms with Crippen molar-refractivity contribution in [2.45, 2.75) is 31.3 Å². The molecule has 20 heavy (non-hydrogen) atoms.